The third-order valence-corrected chi connectivity index (χ3v) is 5.85. The van der Waals surface area contributed by atoms with Gasteiger partial charge in [-0.1, -0.05) is 30.3 Å². The SMILES string of the molecule is NCCCCC(NC(=O)C(N)Cc1ccccc1)C(=O)NC(Cc1cnc[nH]1)C(=O)NC(CC(N)=O)C(=O)O. The number of hydrogen-bond donors (Lipinski definition) is 8. The van der Waals surface area contributed by atoms with Crippen LogP contribution in [-0.2, 0) is 36.8 Å². The van der Waals surface area contributed by atoms with E-state index in [1.807, 2.05) is 30.3 Å². The maximum absolute atomic E-state index is 13.3. The lowest BCUT2D eigenvalue weighted by atomic mass is 10.0. The molecule has 0 bridgehead atoms. The molecule has 0 aliphatic carbocycles. The highest BCUT2D eigenvalue weighted by Gasteiger charge is 2.31. The van der Waals surface area contributed by atoms with Gasteiger partial charge in [0.2, 0.25) is 23.6 Å². The summed E-state index contributed by atoms with van der Waals surface area (Å²) in [5, 5.41) is 16.8. The molecule has 4 atom stereocenters. The van der Waals surface area contributed by atoms with Gasteiger partial charge in [0.15, 0.2) is 0 Å². The van der Waals surface area contributed by atoms with E-state index in [-0.39, 0.29) is 19.3 Å². The number of imidazole rings is 1. The van der Waals surface area contributed by atoms with Crippen LogP contribution in [0.2, 0.25) is 0 Å². The summed E-state index contributed by atoms with van der Waals surface area (Å²) in [6.07, 6.45) is 3.70. The first-order valence-corrected chi connectivity index (χ1v) is 12.5. The second-order valence-corrected chi connectivity index (χ2v) is 9.05. The van der Waals surface area contributed by atoms with Crippen LogP contribution in [-0.4, -0.2) is 75.4 Å². The van der Waals surface area contributed by atoms with Crippen LogP contribution >= 0.6 is 0 Å². The molecule has 4 amide bonds. The number of hydrogen-bond acceptors (Lipinski definition) is 8. The molecule has 11 N–H and O–H groups in total. The van der Waals surface area contributed by atoms with E-state index in [0.717, 1.165) is 5.56 Å². The van der Waals surface area contributed by atoms with Crippen LogP contribution in [0.3, 0.4) is 0 Å². The largest absolute Gasteiger partial charge is 0.480 e. The second-order valence-electron chi connectivity index (χ2n) is 9.05. The van der Waals surface area contributed by atoms with Gasteiger partial charge in [0.05, 0.1) is 18.8 Å². The van der Waals surface area contributed by atoms with Crippen molar-refractivity contribution in [2.75, 3.05) is 6.54 Å². The molecule has 0 aliphatic heterocycles. The van der Waals surface area contributed by atoms with Crippen molar-refractivity contribution in [2.24, 2.45) is 17.2 Å². The molecular weight excluding hydrogens is 508 g/mol. The monoisotopic (exact) mass is 544 g/mol. The fourth-order valence-corrected chi connectivity index (χ4v) is 3.77. The van der Waals surface area contributed by atoms with Gasteiger partial charge in [-0.15, -0.1) is 0 Å². The van der Waals surface area contributed by atoms with Crippen LogP contribution in [0.4, 0.5) is 0 Å². The zero-order chi connectivity index (χ0) is 28.8. The van der Waals surface area contributed by atoms with Crippen LogP contribution < -0.4 is 33.2 Å². The zero-order valence-electron chi connectivity index (χ0n) is 21.5. The van der Waals surface area contributed by atoms with Crippen molar-refractivity contribution in [3.63, 3.8) is 0 Å². The van der Waals surface area contributed by atoms with E-state index in [1.165, 1.54) is 12.5 Å². The number of nitrogens with two attached hydrogens (primary N) is 3. The average Bonchev–Trinajstić information content (AvgIpc) is 3.40. The summed E-state index contributed by atoms with van der Waals surface area (Å²) in [5.74, 6) is -4.47. The van der Waals surface area contributed by atoms with Gasteiger partial charge in [-0.25, -0.2) is 9.78 Å². The number of amides is 4. The Labute approximate surface area is 225 Å². The number of nitrogens with one attached hydrogen (secondary N) is 4. The van der Waals surface area contributed by atoms with Crippen LogP contribution in [0, 0.1) is 0 Å². The number of rotatable bonds is 17. The number of nitrogens with zero attached hydrogens (tertiary/aromatic N) is 1. The van der Waals surface area contributed by atoms with Crippen molar-refractivity contribution in [1.29, 1.82) is 0 Å². The molecule has 0 spiro atoms. The van der Waals surface area contributed by atoms with Gasteiger partial charge in [-0.3, -0.25) is 19.2 Å². The molecule has 14 nitrogen and oxygen atoms in total. The van der Waals surface area contributed by atoms with Gasteiger partial charge < -0.3 is 43.2 Å². The first-order valence-electron chi connectivity index (χ1n) is 12.5. The number of aliphatic carboxylic acids is 1. The number of aromatic nitrogens is 2. The van der Waals surface area contributed by atoms with Crippen molar-refractivity contribution >= 4 is 29.6 Å². The highest BCUT2D eigenvalue weighted by atomic mass is 16.4. The van der Waals surface area contributed by atoms with Gasteiger partial charge in [-0.2, -0.15) is 0 Å². The van der Waals surface area contributed by atoms with Crippen molar-refractivity contribution in [3.05, 3.63) is 54.1 Å². The molecule has 4 unspecified atom stereocenters. The number of H-pyrrole nitrogens is 1. The number of benzene rings is 1. The Morgan fingerprint density at radius 1 is 0.897 bits per heavy atom. The summed E-state index contributed by atoms with van der Waals surface area (Å²) >= 11 is 0. The van der Waals surface area contributed by atoms with E-state index in [4.69, 9.17) is 17.2 Å². The number of carboxylic acid groups (broad SMARTS) is 1. The van der Waals surface area contributed by atoms with Crippen molar-refractivity contribution in [3.8, 4) is 0 Å². The van der Waals surface area contributed by atoms with Crippen molar-refractivity contribution < 1.29 is 29.1 Å². The van der Waals surface area contributed by atoms with E-state index in [1.54, 1.807) is 0 Å². The number of carbonyl (C=O) groups excluding carboxylic acids is 4. The fraction of sp³-hybridized carbons (Fsp3) is 0.440. The standard InChI is InChI=1S/C25H36N8O6/c26-9-5-4-8-18(31-22(35)17(27)10-15-6-2-1-3-7-15)23(36)32-19(11-16-13-29-14-30-16)24(37)33-20(25(38)39)12-21(28)34/h1-3,6-7,13-14,17-20H,4-5,8-12,26-27H2,(H2,28,34)(H,29,30)(H,31,35)(H,32,36)(H,33,37)(H,38,39). The van der Waals surface area contributed by atoms with Gasteiger partial charge >= 0.3 is 5.97 Å². The highest BCUT2D eigenvalue weighted by molar-refractivity contribution is 5.95. The molecule has 0 saturated carbocycles. The molecular formula is C25H36N8O6. The molecule has 39 heavy (non-hydrogen) atoms. The third-order valence-electron chi connectivity index (χ3n) is 5.85. The molecule has 0 fully saturated rings. The topological polar surface area (TPSA) is 248 Å². The minimum atomic E-state index is -1.59. The molecule has 1 aromatic carbocycles. The molecule has 0 radical (unpaired) electrons. The maximum Gasteiger partial charge on any atom is 0.326 e. The quantitative estimate of drug-likeness (QED) is 0.103. The van der Waals surface area contributed by atoms with Gasteiger partial charge in [0, 0.05) is 18.3 Å². The molecule has 14 heteroatoms. The Morgan fingerprint density at radius 2 is 1.54 bits per heavy atom. The van der Waals surface area contributed by atoms with Crippen LogP contribution in [0.25, 0.3) is 0 Å². The van der Waals surface area contributed by atoms with E-state index >= 15 is 0 Å². The molecule has 0 aliphatic rings. The summed E-state index contributed by atoms with van der Waals surface area (Å²) in [6.45, 7) is 0.386. The fourth-order valence-electron chi connectivity index (χ4n) is 3.77. The Morgan fingerprint density at radius 3 is 2.13 bits per heavy atom. The van der Waals surface area contributed by atoms with E-state index in [2.05, 4.69) is 25.9 Å². The summed E-state index contributed by atoms with van der Waals surface area (Å²) in [5.41, 5.74) is 18.1. The van der Waals surface area contributed by atoms with Gasteiger partial charge in [0.1, 0.15) is 18.1 Å². The molecule has 2 rings (SSSR count). The second kappa shape index (κ2) is 15.8. The first kappa shape index (κ1) is 30.9. The lowest BCUT2D eigenvalue weighted by molar-refractivity contribution is -0.143. The molecule has 2 aromatic rings. The van der Waals surface area contributed by atoms with E-state index in [9.17, 15) is 29.1 Å². The number of carbonyl (C=O) groups is 5. The van der Waals surface area contributed by atoms with Crippen molar-refractivity contribution in [1.82, 2.24) is 25.9 Å². The Hall–Kier alpha value is -4.30. The predicted octanol–water partition coefficient (Wildman–Crippen LogP) is -1.93. The summed E-state index contributed by atoms with van der Waals surface area (Å²) in [6, 6.07) is 4.34. The predicted molar refractivity (Wildman–Crippen MR) is 141 cm³/mol. The Balaban J connectivity index is 2.17. The number of aromatic amines is 1. The van der Waals surface area contributed by atoms with Crippen LogP contribution in [0.1, 0.15) is 36.9 Å². The average molecular weight is 545 g/mol. The summed E-state index contributed by atoms with van der Waals surface area (Å²) in [4.78, 5) is 68.6. The van der Waals surface area contributed by atoms with Crippen molar-refractivity contribution in [2.45, 2.75) is 62.7 Å². The van der Waals surface area contributed by atoms with Gasteiger partial charge in [0.25, 0.3) is 0 Å². The Bertz CT molecular complexity index is 1100. The van der Waals surface area contributed by atoms with E-state index < -0.39 is 60.2 Å². The highest BCUT2D eigenvalue weighted by Crippen LogP contribution is 2.07. The number of primary amides is 1. The maximum atomic E-state index is 13.3. The summed E-state index contributed by atoms with van der Waals surface area (Å²) in [7, 11) is 0. The number of carboxylic acids is 1. The lowest BCUT2D eigenvalue weighted by Crippen LogP contribution is -2.58. The summed E-state index contributed by atoms with van der Waals surface area (Å²) < 4.78 is 0. The van der Waals surface area contributed by atoms with E-state index in [0.29, 0.717) is 25.1 Å². The molecule has 212 valence electrons. The van der Waals surface area contributed by atoms with Gasteiger partial charge in [-0.05, 0) is 37.8 Å². The third kappa shape index (κ3) is 10.9. The zero-order valence-corrected chi connectivity index (χ0v) is 21.5. The number of unbranched alkanes of at least 4 members (excludes halogenated alkanes) is 1. The Kier molecular flexibility index (Phi) is 12.6. The van der Waals surface area contributed by atoms with Crippen LogP contribution in [0.15, 0.2) is 42.9 Å². The molecule has 0 saturated heterocycles. The minimum Gasteiger partial charge on any atom is -0.480 e. The first-order chi connectivity index (χ1) is 18.6. The lowest BCUT2D eigenvalue weighted by Gasteiger charge is -2.25. The molecule has 1 heterocycles. The normalized spacial score (nSPS) is 13.9. The smallest absolute Gasteiger partial charge is 0.326 e. The minimum absolute atomic E-state index is 0.0720. The molecule has 1 aromatic heterocycles. The van der Waals surface area contributed by atoms with Crippen LogP contribution in [0.5, 0.6) is 0 Å².